The number of carbonyl (C=O) groups is 7. The molecule has 26 heteroatoms. The van der Waals surface area contributed by atoms with Gasteiger partial charge in [0.2, 0.25) is 0 Å². The summed E-state index contributed by atoms with van der Waals surface area (Å²) in [6.07, 6.45) is 27.5. The highest BCUT2D eigenvalue weighted by molar-refractivity contribution is 6.23. The van der Waals surface area contributed by atoms with E-state index in [4.69, 9.17) is 38.2 Å². The highest BCUT2D eigenvalue weighted by Crippen LogP contribution is 2.45. The van der Waals surface area contributed by atoms with Gasteiger partial charge in [0.05, 0.1) is 53.2 Å². The summed E-state index contributed by atoms with van der Waals surface area (Å²) in [5, 5.41) is 0.908. The Kier molecular flexibility index (Phi) is 36.7. The molecule has 26 nitrogen and oxygen atoms in total. The van der Waals surface area contributed by atoms with Crippen molar-refractivity contribution in [3.8, 4) is 23.0 Å². The van der Waals surface area contributed by atoms with Crippen LogP contribution >= 0.6 is 0 Å². The van der Waals surface area contributed by atoms with Gasteiger partial charge in [0, 0.05) is 109 Å². The lowest BCUT2D eigenvalue weighted by Gasteiger charge is -2.37. The van der Waals surface area contributed by atoms with Gasteiger partial charge in [-0.1, -0.05) is 198 Å². The van der Waals surface area contributed by atoms with Crippen LogP contribution in [0.25, 0.3) is 35.2 Å². The van der Waals surface area contributed by atoms with Gasteiger partial charge >= 0.3 is 30.1 Å². The van der Waals surface area contributed by atoms with Gasteiger partial charge in [0.1, 0.15) is 17.2 Å². The summed E-state index contributed by atoms with van der Waals surface area (Å²) in [4.78, 5) is 116. The number of aliphatic imine (C=N–C) groups is 2. The topological polar surface area (TPSA) is 257 Å². The van der Waals surface area contributed by atoms with E-state index in [1.807, 2.05) is 154 Å². The van der Waals surface area contributed by atoms with E-state index in [9.17, 15) is 33.6 Å². The molecule has 7 heterocycles. The number of unbranched alkanes of at least 4 members (excludes halogenated alkanes) is 11. The smallest absolute Gasteiger partial charge is 0.422 e. The van der Waals surface area contributed by atoms with Crippen LogP contribution < -0.4 is 38.5 Å². The van der Waals surface area contributed by atoms with Crippen molar-refractivity contribution < 1.29 is 71.5 Å². The van der Waals surface area contributed by atoms with Gasteiger partial charge in [0.25, 0.3) is 23.6 Å². The van der Waals surface area contributed by atoms with Crippen LogP contribution in [0.4, 0.5) is 60.8 Å². The van der Waals surface area contributed by atoms with Crippen LogP contribution in [0.2, 0.25) is 0 Å². The number of hydrogen-bond acceptors (Lipinski definition) is 21. The number of likely N-dealkylation sites (N-methyl/N-ethyl adjacent to an activating group) is 1. The number of aryl methyl sites for hydroxylation is 5. The van der Waals surface area contributed by atoms with Crippen LogP contribution in [0.3, 0.4) is 0 Å². The maximum atomic E-state index is 13.7. The SMILES string of the molecule is CCCCCCCCCCCCN1C(=O)/C(=C\c2ccc(N(c3ccc(C)cc3)c3ccc(C)cc3)cc2)OC1=NC(C)C.CCCCCN1C(=O)/C(=C\c2ccc(N(c3ccc(C)cc3)c3ccc(OC)cc3)cc2)OC1=Nc1c(OC)cc(OC)cc1OC.CCN1C(=O)/C(=C\c2cc3c4c(c2)CCCN4CCC3)N(c2ccccc2)C1=O.COC(=O)CCN1C(=O)O/C(=C/c2cnc3ccccc3c2)C1=O. The molecule has 0 radical (unpaired) electrons. The van der Waals surface area contributed by atoms with Crippen LogP contribution in [0.1, 0.15) is 187 Å². The number of amides is 7. The van der Waals surface area contributed by atoms with E-state index in [0.29, 0.717) is 65.6 Å². The van der Waals surface area contributed by atoms with Crippen LogP contribution in [0, 0.1) is 20.8 Å². The minimum Gasteiger partial charge on any atom is -0.497 e. The lowest BCUT2D eigenvalue weighted by Crippen LogP contribution is -2.34. The highest BCUT2D eigenvalue weighted by atomic mass is 16.6. The third-order valence-electron chi connectivity index (χ3n) is 25.5. The molecule has 0 saturated carbocycles. The van der Waals surface area contributed by atoms with Gasteiger partial charge in [-0.3, -0.25) is 48.6 Å². The number of urea groups is 1. The second-order valence-electron chi connectivity index (χ2n) is 36.4. The first-order valence-corrected chi connectivity index (χ1v) is 50.0. The maximum absolute atomic E-state index is 13.7. The predicted octanol–water partition coefficient (Wildman–Crippen LogP) is 25.6. The summed E-state index contributed by atoms with van der Waals surface area (Å²) in [5.74, 6) is 0.949. The predicted molar refractivity (Wildman–Crippen MR) is 571 cm³/mol. The van der Waals surface area contributed by atoms with E-state index in [1.165, 1.54) is 116 Å². The van der Waals surface area contributed by atoms with Gasteiger partial charge < -0.3 is 52.6 Å². The number of methoxy groups -OCH3 is 5. The monoisotopic (exact) mass is 1940 g/mol. The quantitative estimate of drug-likeness (QED) is 0.0153. The number of aromatic nitrogens is 1. The number of rotatable bonds is 36. The van der Waals surface area contributed by atoms with Crippen molar-refractivity contribution in [1.82, 2.24) is 24.6 Å². The number of hydrogen-bond donors (Lipinski definition) is 0. The van der Waals surface area contributed by atoms with Crippen molar-refractivity contribution in [2.45, 2.75) is 177 Å². The zero-order valence-corrected chi connectivity index (χ0v) is 84.9. The van der Waals surface area contributed by atoms with E-state index >= 15 is 0 Å². The molecule has 6 aliphatic heterocycles. The number of nitrogens with zero attached hydrogens (tertiary/aromatic N) is 11. The highest BCUT2D eigenvalue weighted by Gasteiger charge is 2.43. The zero-order chi connectivity index (χ0) is 102. The fourth-order valence-corrected chi connectivity index (χ4v) is 17.9. The average molecular weight is 1940 g/mol. The van der Waals surface area contributed by atoms with Gasteiger partial charge in [-0.25, -0.2) is 19.5 Å². The second kappa shape index (κ2) is 50.7. The van der Waals surface area contributed by atoms with Crippen molar-refractivity contribution in [1.29, 1.82) is 0 Å². The third-order valence-corrected chi connectivity index (χ3v) is 25.5. The first kappa shape index (κ1) is 104. The number of pyridine rings is 1. The number of fused-ring (bicyclic) bond motifs is 1. The number of anilines is 8. The summed E-state index contributed by atoms with van der Waals surface area (Å²) >= 11 is 0. The molecule has 4 saturated heterocycles. The van der Waals surface area contributed by atoms with Gasteiger partial charge in [-0.05, 0) is 259 Å². The Morgan fingerprint density at radius 3 is 1.38 bits per heavy atom. The van der Waals surface area contributed by atoms with Crippen molar-refractivity contribution in [2.75, 3.05) is 94.4 Å². The molecular weight excluding hydrogens is 1810 g/mol. The molecule has 0 spiro atoms. The minimum absolute atomic E-state index is 0.0428. The number of carbonyl (C=O) groups excluding carboxylic acids is 7. The normalized spacial score (nSPS) is 15.9. The minimum atomic E-state index is -0.802. The van der Waals surface area contributed by atoms with Crippen molar-refractivity contribution in [3.05, 3.63) is 310 Å². The van der Waals surface area contributed by atoms with Crippen LogP contribution in [-0.4, -0.2) is 159 Å². The first-order chi connectivity index (χ1) is 70.0. The molecule has 4 fully saturated rings. The summed E-state index contributed by atoms with van der Waals surface area (Å²) in [7, 11) is 7.55. The lowest BCUT2D eigenvalue weighted by atomic mass is 9.90. The largest absolute Gasteiger partial charge is 0.497 e. The van der Waals surface area contributed by atoms with E-state index in [1.54, 1.807) is 67.5 Å². The van der Waals surface area contributed by atoms with E-state index in [-0.39, 0.29) is 60.3 Å². The number of amidine groups is 2. The molecule has 1 aromatic heterocycles. The molecule has 7 amide bonds. The van der Waals surface area contributed by atoms with E-state index in [0.717, 1.165) is 136 Å². The molecular formula is C118H131N11O15. The van der Waals surface area contributed by atoms with Crippen LogP contribution in [0.5, 0.6) is 23.0 Å². The Morgan fingerprint density at radius 2 is 0.882 bits per heavy atom. The number of imide groups is 2. The average Bonchev–Trinajstić information content (AvgIpc) is 1.40. The molecule has 144 heavy (non-hydrogen) atoms. The molecule has 10 aromatic carbocycles. The molecule has 11 aromatic rings. The molecule has 6 aliphatic rings. The summed E-state index contributed by atoms with van der Waals surface area (Å²) in [5.41, 5.74) is 19.7. The number of cyclic esters (lactones) is 1. The Morgan fingerprint density at radius 1 is 0.438 bits per heavy atom. The van der Waals surface area contributed by atoms with Gasteiger partial charge in [0.15, 0.2) is 34.5 Å². The van der Waals surface area contributed by atoms with Gasteiger partial charge in [-0.15, -0.1) is 0 Å². The first-order valence-electron chi connectivity index (χ1n) is 50.0. The fraction of sp³-hybridized carbons (Fsp3) is 0.322. The zero-order valence-electron chi connectivity index (χ0n) is 84.9. The lowest BCUT2D eigenvalue weighted by molar-refractivity contribution is -0.141. The summed E-state index contributed by atoms with van der Waals surface area (Å²) in [6.45, 7) is 20.2. The Labute approximate surface area is 845 Å². The molecule has 748 valence electrons. The van der Waals surface area contributed by atoms with Crippen molar-refractivity contribution >= 4 is 140 Å². The molecule has 0 N–H and O–H groups in total. The standard InChI is InChI=1S/C39H51N3O2.C38H41N3O6.C24H25N3O2.C17H14N2O5/c1-6-7-8-9-10-11-12-13-14-15-28-41-38(43)37(44-39(41)40-30(2)3)29-33-20-26-36(27-21-33)42(34-22-16-31(4)17-23-34)35-24-18-32(5)19-25-35;1-7-8-9-22-40-37(42)35(47-38(40)39-36-33(45-5)24-32(44-4)25-34(36)46-6)23-27-12-16-29(17-13-27)41(28-14-10-26(2)11-15-28)30-18-20-31(43-3)21-19-30;1-2-26-23(28)21(27(24(26)29)20-10-4-3-5-11-20)16-17-14-18-8-6-12-25-13-7-9-19(15-17)22(18)25;1-23-15(20)6-7-19-16(21)14(24-17(19)22)9-11-8-12-4-2-3-5-13(12)18-10-11/h16-27,29-30H,6-15,28H2,1-5H3;10-21,23-25H,7-9,22H2,1-6H3;3-5,10-11,14-16H,2,6-9,12-13H2,1H3;2-5,8-10H,6-7H2,1H3/b37-29+,40-39?;35-23+,39-38?;21-16+;14-9+. The Hall–Kier alpha value is -15.6. The van der Waals surface area contributed by atoms with Crippen LogP contribution in [-0.2, 0) is 55.8 Å². The fourth-order valence-electron chi connectivity index (χ4n) is 17.9. The molecule has 0 aliphatic carbocycles. The Balaban J connectivity index is 0.000000157. The molecule has 0 unspecified atom stereocenters. The second-order valence-corrected chi connectivity index (χ2v) is 36.4. The summed E-state index contributed by atoms with van der Waals surface area (Å²) < 4.78 is 43.6. The number of esters is 1. The number of benzene rings is 10. The van der Waals surface area contributed by atoms with E-state index in [2.05, 4.69) is 161 Å². The van der Waals surface area contributed by atoms with Crippen molar-refractivity contribution in [2.24, 2.45) is 9.98 Å². The third kappa shape index (κ3) is 26.4. The molecule has 17 rings (SSSR count). The molecule has 0 atom stereocenters. The number of ether oxygens (including phenoxy) is 8. The summed E-state index contributed by atoms with van der Waals surface area (Å²) in [6, 6.07) is 76.7. The maximum Gasteiger partial charge on any atom is 0.422 e. The van der Waals surface area contributed by atoms with E-state index < -0.39 is 18.0 Å². The van der Waals surface area contributed by atoms with Crippen LogP contribution in [0.15, 0.2) is 270 Å². The molecule has 0 bridgehead atoms. The number of para-hydroxylation sites is 2. The Bertz CT molecular complexity index is 6420. The van der Waals surface area contributed by atoms with Crippen molar-refractivity contribution in [3.63, 3.8) is 0 Å². The van der Waals surface area contributed by atoms with Gasteiger partial charge in [-0.2, -0.15) is 4.99 Å².